The maximum atomic E-state index is 13.0. The number of hydrogen-bond acceptors (Lipinski definition) is 5. The number of nitrogens with zero attached hydrogens (tertiary/aromatic N) is 2. The van der Waals surface area contributed by atoms with Crippen molar-refractivity contribution in [1.29, 1.82) is 0 Å². The van der Waals surface area contributed by atoms with Crippen molar-refractivity contribution >= 4 is 36.5 Å². The number of ether oxygens (including phenoxy) is 1. The molecule has 1 saturated heterocycles. The van der Waals surface area contributed by atoms with Crippen molar-refractivity contribution in [2.45, 2.75) is 44.2 Å². The van der Waals surface area contributed by atoms with E-state index in [9.17, 15) is 4.79 Å². The molecule has 2 aliphatic carbocycles. The zero-order valence-electron chi connectivity index (χ0n) is 15.5. The number of aromatic nitrogens is 1. The summed E-state index contributed by atoms with van der Waals surface area (Å²) in [4.78, 5) is 19.7. The molecule has 3 aliphatic rings. The maximum absolute atomic E-state index is 13.0. The fourth-order valence-electron chi connectivity index (χ4n) is 4.86. The molecule has 2 unspecified atom stereocenters. The molecule has 152 valence electrons. The maximum Gasteiger partial charge on any atom is 0.255 e. The molecule has 1 aliphatic heterocycles. The molecule has 2 saturated carbocycles. The van der Waals surface area contributed by atoms with Crippen LogP contribution >= 0.6 is 24.8 Å². The lowest BCUT2D eigenvalue weighted by Crippen LogP contribution is -2.53. The number of nitrogens with two attached hydrogens (primary N) is 1. The van der Waals surface area contributed by atoms with Gasteiger partial charge in [-0.1, -0.05) is 6.42 Å². The highest BCUT2D eigenvalue weighted by molar-refractivity contribution is 5.99. The molecule has 1 amide bonds. The number of carbonyl (C=O) groups excluding carboxylic acids is 1. The summed E-state index contributed by atoms with van der Waals surface area (Å²) in [6.45, 7) is 2.92. The van der Waals surface area contributed by atoms with E-state index >= 15 is 0 Å². The number of rotatable bonds is 3. The second-order valence-corrected chi connectivity index (χ2v) is 7.66. The zero-order valence-corrected chi connectivity index (χ0v) is 17.1. The van der Waals surface area contributed by atoms with Gasteiger partial charge >= 0.3 is 0 Å². The predicted octanol–water partition coefficient (Wildman–Crippen LogP) is 2.40. The fourth-order valence-corrected chi connectivity index (χ4v) is 4.86. The lowest BCUT2D eigenvalue weighted by molar-refractivity contribution is 0.0755. The van der Waals surface area contributed by atoms with Gasteiger partial charge in [-0.05, 0) is 49.7 Å². The van der Waals surface area contributed by atoms with E-state index < -0.39 is 0 Å². The van der Waals surface area contributed by atoms with Gasteiger partial charge in [0.15, 0.2) is 0 Å². The van der Waals surface area contributed by atoms with E-state index in [4.69, 9.17) is 10.5 Å². The van der Waals surface area contributed by atoms with E-state index in [1.807, 2.05) is 12.1 Å². The Labute approximate surface area is 173 Å². The summed E-state index contributed by atoms with van der Waals surface area (Å²) in [5.74, 6) is 1.83. The molecule has 0 radical (unpaired) electrons. The van der Waals surface area contributed by atoms with Gasteiger partial charge in [0.05, 0.1) is 18.8 Å². The third-order valence-corrected chi connectivity index (χ3v) is 6.02. The molecule has 4 rings (SSSR count). The lowest BCUT2D eigenvalue weighted by Gasteiger charge is -2.45. The van der Waals surface area contributed by atoms with Crippen molar-refractivity contribution in [1.82, 2.24) is 10.3 Å². The van der Waals surface area contributed by atoms with E-state index in [1.54, 1.807) is 6.20 Å². The van der Waals surface area contributed by atoms with Crippen LogP contribution in [-0.2, 0) is 4.74 Å². The van der Waals surface area contributed by atoms with Gasteiger partial charge in [0.25, 0.3) is 5.91 Å². The quantitative estimate of drug-likeness (QED) is 0.790. The topological polar surface area (TPSA) is 80.5 Å². The summed E-state index contributed by atoms with van der Waals surface area (Å²) in [6, 6.07) is 4.29. The zero-order chi connectivity index (χ0) is 17.2. The van der Waals surface area contributed by atoms with Gasteiger partial charge < -0.3 is 20.7 Å². The van der Waals surface area contributed by atoms with Crippen molar-refractivity contribution in [2.75, 3.05) is 31.2 Å². The highest BCUT2D eigenvalue weighted by atomic mass is 35.5. The van der Waals surface area contributed by atoms with Gasteiger partial charge in [0.2, 0.25) is 0 Å². The molecule has 0 spiro atoms. The van der Waals surface area contributed by atoms with E-state index in [-0.39, 0.29) is 36.8 Å². The van der Waals surface area contributed by atoms with Crippen molar-refractivity contribution in [2.24, 2.45) is 17.6 Å². The Hall–Kier alpha value is -1.08. The van der Waals surface area contributed by atoms with Gasteiger partial charge in [-0.3, -0.25) is 4.79 Å². The molecule has 1 aromatic rings. The third-order valence-electron chi connectivity index (χ3n) is 6.02. The minimum absolute atomic E-state index is 0. The van der Waals surface area contributed by atoms with Crippen LogP contribution in [0.3, 0.4) is 0 Å². The highest BCUT2D eigenvalue weighted by Gasteiger charge is 2.40. The minimum atomic E-state index is 0. The molecule has 6 nitrogen and oxygen atoms in total. The van der Waals surface area contributed by atoms with E-state index in [2.05, 4.69) is 15.2 Å². The van der Waals surface area contributed by atoms with Crippen LogP contribution < -0.4 is 16.0 Å². The molecule has 1 aromatic heterocycles. The minimum Gasteiger partial charge on any atom is -0.378 e. The molecular formula is C19H30Cl2N4O2. The van der Waals surface area contributed by atoms with Crippen LogP contribution in [-0.4, -0.2) is 49.3 Å². The molecule has 2 heterocycles. The smallest absolute Gasteiger partial charge is 0.255 e. The Morgan fingerprint density at radius 2 is 1.85 bits per heavy atom. The number of carbonyl (C=O) groups is 1. The van der Waals surface area contributed by atoms with Gasteiger partial charge in [0.1, 0.15) is 5.82 Å². The number of hydrogen-bond donors (Lipinski definition) is 2. The van der Waals surface area contributed by atoms with Gasteiger partial charge in [-0.2, -0.15) is 0 Å². The first-order valence-electron chi connectivity index (χ1n) is 9.56. The fraction of sp³-hybridized carbons (Fsp3) is 0.684. The molecule has 3 N–H and O–H groups in total. The first-order chi connectivity index (χ1) is 12.2. The van der Waals surface area contributed by atoms with Crippen molar-refractivity contribution in [3.8, 4) is 0 Å². The van der Waals surface area contributed by atoms with Gasteiger partial charge in [-0.15, -0.1) is 24.8 Å². The average molecular weight is 417 g/mol. The molecule has 2 atom stereocenters. The monoisotopic (exact) mass is 416 g/mol. The highest BCUT2D eigenvalue weighted by Crippen LogP contribution is 2.39. The van der Waals surface area contributed by atoms with Crippen LogP contribution in [0.25, 0.3) is 0 Å². The van der Waals surface area contributed by atoms with E-state index in [0.29, 0.717) is 36.7 Å². The largest absolute Gasteiger partial charge is 0.378 e. The summed E-state index contributed by atoms with van der Waals surface area (Å²) in [5.41, 5.74) is 6.89. The average Bonchev–Trinajstić information content (AvgIpc) is 2.63. The molecule has 3 fully saturated rings. The number of morpholine rings is 1. The summed E-state index contributed by atoms with van der Waals surface area (Å²) >= 11 is 0. The molecule has 27 heavy (non-hydrogen) atoms. The number of anilines is 1. The van der Waals surface area contributed by atoms with Crippen molar-refractivity contribution in [3.05, 3.63) is 23.9 Å². The van der Waals surface area contributed by atoms with Crippen molar-refractivity contribution in [3.63, 3.8) is 0 Å². The predicted molar refractivity (Wildman–Crippen MR) is 111 cm³/mol. The van der Waals surface area contributed by atoms with Crippen LogP contribution in [0.2, 0.25) is 0 Å². The van der Waals surface area contributed by atoms with Gasteiger partial charge in [-0.25, -0.2) is 4.98 Å². The molecule has 2 bridgehead atoms. The first-order valence-corrected chi connectivity index (χ1v) is 9.56. The number of pyridine rings is 1. The second kappa shape index (κ2) is 9.92. The standard InChI is InChI=1S/C19H28N4O2.2ClH/c20-15-11-13-3-1-4-14(12-15)17(13)22-19(24)16-5-2-6-21-18(16)23-7-9-25-10-8-23;;/h2,5-6,13-15,17H,1,3-4,7-12,20H2,(H,22,24);2*1H. The Kier molecular flexibility index (Phi) is 8.16. The SMILES string of the molecule is Cl.Cl.NC1CC2CCCC(C1)C2NC(=O)c1cccnc1N1CCOCC1. The Balaban J connectivity index is 0.00000131. The van der Waals surface area contributed by atoms with Gasteiger partial charge in [0, 0.05) is 31.4 Å². The number of nitrogens with one attached hydrogen (secondary N) is 1. The summed E-state index contributed by atoms with van der Waals surface area (Å²) in [5, 5.41) is 3.34. The van der Waals surface area contributed by atoms with E-state index in [0.717, 1.165) is 31.7 Å². The second-order valence-electron chi connectivity index (χ2n) is 7.66. The third kappa shape index (κ3) is 4.86. The Bertz CT molecular complexity index is 613. The summed E-state index contributed by atoms with van der Waals surface area (Å²) < 4.78 is 5.42. The molecule has 0 aromatic carbocycles. The number of halogens is 2. The van der Waals surface area contributed by atoms with Crippen molar-refractivity contribution < 1.29 is 9.53 Å². The lowest BCUT2D eigenvalue weighted by atomic mass is 9.67. The first kappa shape index (κ1) is 22.2. The number of fused-ring (bicyclic) bond motifs is 2. The van der Waals surface area contributed by atoms with Crippen LogP contribution in [0.4, 0.5) is 5.82 Å². The van der Waals surface area contributed by atoms with Crippen LogP contribution in [0.15, 0.2) is 18.3 Å². The summed E-state index contributed by atoms with van der Waals surface area (Å²) in [7, 11) is 0. The number of amides is 1. The van der Waals surface area contributed by atoms with E-state index in [1.165, 1.54) is 19.3 Å². The Morgan fingerprint density at radius 1 is 1.19 bits per heavy atom. The van der Waals surface area contributed by atoms with Crippen LogP contribution in [0, 0.1) is 11.8 Å². The normalized spacial score (nSPS) is 29.9. The molecular weight excluding hydrogens is 387 g/mol. The van der Waals surface area contributed by atoms with Crippen LogP contribution in [0.5, 0.6) is 0 Å². The van der Waals surface area contributed by atoms with Crippen LogP contribution in [0.1, 0.15) is 42.5 Å². The summed E-state index contributed by atoms with van der Waals surface area (Å²) in [6.07, 6.45) is 7.45. The Morgan fingerprint density at radius 3 is 2.52 bits per heavy atom. The molecule has 8 heteroatoms.